The number of likely N-dealkylation sites (tertiary alicyclic amines) is 1. The second kappa shape index (κ2) is 6.35. The van der Waals surface area contributed by atoms with Crippen LogP contribution >= 0.6 is 0 Å². The predicted octanol–water partition coefficient (Wildman–Crippen LogP) is 2.47. The van der Waals surface area contributed by atoms with Crippen LogP contribution < -0.4 is 5.32 Å². The van der Waals surface area contributed by atoms with Crippen LogP contribution in [-0.4, -0.2) is 41.8 Å². The highest BCUT2D eigenvalue weighted by molar-refractivity contribution is 5.47. The van der Waals surface area contributed by atoms with Gasteiger partial charge in [0.1, 0.15) is 5.82 Å². The summed E-state index contributed by atoms with van der Waals surface area (Å²) >= 11 is 0. The fraction of sp³-hybridized carbons (Fsp3) is 0.600. The van der Waals surface area contributed by atoms with Crippen LogP contribution in [0.1, 0.15) is 26.2 Å². The van der Waals surface area contributed by atoms with E-state index in [4.69, 9.17) is 0 Å². The average Bonchev–Trinajstić information content (AvgIpc) is 2.64. The molecule has 1 saturated heterocycles. The van der Waals surface area contributed by atoms with Gasteiger partial charge >= 0.3 is 0 Å². The van der Waals surface area contributed by atoms with Crippen LogP contribution in [0, 0.1) is 5.82 Å². The summed E-state index contributed by atoms with van der Waals surface area (Å²) < 4.78 is 13.7. The van der Waals surface area contributed by atoms with Crippen LogP contribution in [0.2, 0.25) is 0 Å². The van der Waals surface area contributed by atoms with Gasteiger partial charge in [0.05, 0.1) is 17.8 Å². The summed E-state index contributed by atoms with van der Waals surface area (Å²) in [5, 5.41) is 13.0. The zero-order valence-electron chi connectivity index (χ0n) is 11.5. The highest BCUT2D eigenvalue weighted by Crippen LogP contribution is 2.28. The fourth-order valence-corrected chi connectivity index (χ4v) is 2.74. The van der Waals surface area contributed by atoms with Gasteiger partial charge in [-0.05, 0) is 44.5 Å². The second-order valence-electron chi connectivity index (χ2n) is 5.33. The number of anilines is 1. The number of nitrogens with one attached hydrogen (secondary N) is 1. The topological polar surface area (TPSA) is 35.5 Å². The van der Waals surface area contributed by atoms with Crippen molar-refractivity contribution in [1.29, 1.82) is 0 Å². The van der Waals surface area contributed by atoms with Gasteiger partial charge < -0.3 is 15.3 Å². The molecular formula is C15H23FN2O. The predicted molar refractivity (Wildman–Crippen MR) is 75.8 cm³/mol. The Labute approximate surface area is 114 Å². The first-order valence-electron chi connectivity index (χ1n) is 7.05. The van der Waals surface area contributed by atoms with Gasteiger partial charge in [0.25, 0.3) is 0 Å². The molecule has 1 unspecified atom stereocenters. The Balaban J connectivity index is 2.12. The van der Waals surface area contributed by atoms with Gasteiger partial charge in [0, 0.05) is 6.54 Å². The van der Waals surface area contributed by atoms with E-state index in [2.05, 4.69) is 17.1 Å². The molecule has 0 aromatic heterocycles. The van der Waals surface area contributed by atoms with Crippen molar-refractivity contribution in [2.45, 2.75) is 31.7 Å². The molecule has 0 spiro atoms. The normalized spacial score (nSPS) is 25.0. The van der Waals surface area contributed by atoms with E-state index in [0.717, 1.165) is 38.9 Å². The number of para-hydroxylation sites is 1. The van der Waals surface area contributed by atoms with Crippen LogP contribution in [-0.2, 0) is 0 Å². The lowest BCUT2D eigenvalue weighted by molar-refractivity contribution is 0.193. The molecule has 106 valence electrons. The average molecular weight is 266 g/mol. The van der Waals surface area contributed by atoms with Gasteiger partial charge in [0.15, 0.2) is 0 Å². The number of rotatable bonds is 4. The van der Waals surface area contributed by atoms with E-state index in [0.29, 0.717) is 5.69 Å². The summed E-state index contributed by atoms with van der Waals surface area (Å²) in [7, 11) is 0. The monoisotopic (exact) mass is 266 g/mol. The smallest absolute Gasteiger partial charge is 0.146 e. The van der Waals surface area contributed by atoms with Gasteiger partial charge in [-0.1, -0.05) is 19.1 Å². The molecule has 0 saturated carbocycles. The van der Waals surface area contributed by atoms with Crippen molar-refractivity contribution in [2.75, 3.05) is 31.6 Å². The van der Waals surface area contributed by atoms with Crippen molar-refractivity contribution in [1.82, 2.24) is 4.90 Å². The molecule has 1 atom stereocenters. The van der Waals surface area contributed by atoms with Crippen molar-refractivity contribution in [2.24, 2.45) is 0 Å². The van der Waals surface area contributed by atoms with E-state index in [1.54, 1.807) is 12.1 Å². The number of benzene rings is 1. The first kappa shape index (κ1) is 14.3. The van der Waals surface area contributed by atoms with Crippen molar-refractivity contribution in [3.05, 3.63) is 30.1 Å². The van der Waals surface area contributed by atoms with Gasteiger partial charge in [0.2, 0.25) is 0 Å². The Morgan fingerprint density at radius 3 is 2.79 bits per heavy atom. The molecule has 0 bridgehead atoms. The molecule has 1 aromatic rings. The molecule has 1 aromatic carbocycles. The third kappa shape index (κ3) is 3.45. The molecule has 19 heavy (non-hydrogen) atoms. The summed E-state index contributed by atoms with van der Waals surface area (Å²) in [5.74, 6) is -0.257. The minimum atomic E-state index is -0.397. The Hall–Kier alpha value is -1.13. The van der Waals surface area contributed by atoms with Crippen LogP contribution in [0.4, 0.5) is 10.1 Å². The maximum absolute atomic E-state index is 13.7. The van der Waals surface area contributed by atoms with Gasteiger partial charge in [-0.2, -0.15) is 0 Å². The van der Waals surface area contributed by atoms with Crippen molar-refractivity contribution in [3.63, 3.8) is 0 Å². The molecule has 0 aliphatic carbocycles. The summed E-state index contributed by atoms with van der Waals surface area (Å²) in [6.07, 6.45) is 2.73. The maximum atomic E-state index is 13.7. The molecule has 2 N–H and O–H groups in total. The number of hydrogen-bond donors (Lipinski definition) is 2. The first-order chi connectivity index (χ1) is 9.19. The molecular weight excluding hydrogens is 243 g/mol. The molecule has 0 amide bonds. The van der Waals surface area contributed by atoms with Crippen LogP contribution in [0.25, 0.3) is 0 Å². The minimum Gasteiger partial charge on any atom is -0.394 e. The number of aliphatic hydroxyl groups is 1. The first-order valence-corrected chi connectivity index (χ1v) is 7.05. The largest absolute Gasteiger partial charge is 0.394 e. The fourth-order valence-electron chi connectivity index (χ4n) is 2.74. The maximum Gasteiger partial charge on any atom is 0.146 e. The summed E-state index contributed by atoms with van der Waals surface area (Å²) in [4.78, 5) is 2.38. The number of halogens is 1. The molecule has 1 aliphatic rings. The lowest BCUT2D eigenvalue weighted by atomic mass is 9.91. The third-order valence-electron chi connectivity index (χ3n) is 4.06. The van der Waals surface area contributed by atoms with Crippen LogP contribution in [0.5, 0.6) is 0 Å². The summed E-state index contributed by atoms with van der Waals surface area (Å²) in [6.45, 7) is 5.21. The molecule has 1 fully saturated rings. The summed E-state index contributed by atoms with van der Waals surface area (Å²) in [5.41, 5.74) is 0.0908. The van der Waals surface area contributed by atoms with E-state index in [-0.39, 0.29) is 12.4 Å². The Morgan fingerprint density at radius 2 is 2.11 bits per heavy atom. The highest BCUT2D eigenvalue weighted by Gasteiger charge is 2.32. The highest BCUT2D eigenvalue weighted by atomic mass is 19.1. The SMILES string of the molecule is CCN1CCCC(CO)(Nc2ccccc2F)CC1. The zero-order chi connectivity index (χ0) is 13.7. The molecule has 4 heteroatoms. The van der Waals surface area contributed by atoms with E-state index in [1.807, 2.05) is 6.07 Å². The second-order valence-corrected chi connectivity index (χ2v) is 5.33. The number of nitrogens with zero attached hydrogens (tertiary/aromatic N) is 1. The molecule has 1 aliphatic heterocycles. The molecule has 3 nitrogen and oxygen atoms in total. The molecule has 0 radical (unpaired) electrons. The van der Waals surface area contributed by atoms with Gasteiger partial charge in [-0.25, -0.2) is 4.39 Å². The quantitative estimate of drug-likeness (QED) is 0.879. The third-order valence-corrected chi connectivity index (χ3v) is 4.06. The van der Waals surface area contributed by atoms with Crippen LogP contribution in [0.3, 0.4) is 0 Å². The lowest BCUT2D eigenvalue weighted by Gasteiger charge is -2.33. The van der Waals surface area contributed by atoms with Crippen LogP contribution in [0.15, 0.2) is 24.3 Å². The van der Waals surface area contributed by atoms with E-state index in [1.165, 1.54) is 6.07 Å². The van der Waals surface area contributed by atoms with E-state index < -0.39 is 5.54 Å². The van der Waals surface area contributed by atoms with Crippen molar-refractivity contribution >= 4 is 5.69 Å². The lowest BCUT2D eigenvalue weighted by Crippen LogP contribution is -2.43. The van der Waals surface area contributed by atoms with E-state index in [9.17, 15) is 9.50 Å². The van der Waals surface area contributed by atoms with Gasteiger partial charge in [-0.3, -0.25) is 0 Å². The molecule has 2 rings (SSSR count). The Kier molecular flexibility index (Phi) is 4.77. The number of hydrogen-bond acceptors (Lipinski definition) is 3. The van der Waals surface area contributed by atoms with Crippen molar-refractivity contribution in [3.8, 4) is 0 Å². The van der Waals surface area contributed by atoms with Gasteiger partial charge in [-0.15, -0.1) is 0 Å². The zero-order valence-corrected chi connectivity index (χ0v) is 11.5. The van der Waals surface area contributed by atoms with E-state index >= 15 is 0 Å². The minimum absolute atomic E-state index is 0.0406. The molecule has 1 heterocycles. The standard InChI is InChI=1S/C15H23FN2O/c1-2-18-10-5-8-15(12-19,9-11-18)17-14-7-4-3-6-13(14)16/h3-4,6-7,17,19H,2,5,8-12H2,1H3. The number of aliphatic hydroxyl groups excluding tert-OH is 1. The Morgan fingerprint density at radius 1 is 1.32 bits per heavy atom. The summed E-state index contributed by atoms with van der Waals surface area (Å²) in [6, 6.07) is 6.67. The Bertz CT molecular complexity index is 413. The van der Waals surface area contributed by atoms with Crippen molar-refractivity contribution < 1.29 is 9.50 Å².